The van der Waals surface area contributed by atoms with Gasteiger partial charge in [0.05, 0.1) is 5.56 Å². The van der Waals surface area contributed by atoms with E-state index in [0.29, 0.717) is 39.5 Å². The lowest BCUT2D eigenvalue weighted by molar-refractivity contribution is 0.0921. The van der Waals surface area contributed by atoms with Crippen LogP contribution in [0.25, 0.3) is 22.1 Å². The molecule has 5 rings (SSSR count). The normalized spacial score (nSPS) is 12.2. The van der Waals surface area contributed by atoms with Crippen molar-refractivity contribution >= 4 is 16.8 Å². The molecule has 2 heterocycles. The monoisotopic (exact) mass is 414 g/mol. The molecule has 31 heavy (non-hydrogen) atoms. The summed E-state index contributed by atoms with van der Waals surface area (Å²) in [6.07, 6.45) is 0. The number of hydrogen-bond donors (Lipinski definition) is 0. The van der Waals surface area contributed by atoms with Gasteiger partial charge < -0.3 is 18.6 Å². The molecule has 0 N–H and O–H groups in total. The van der Waals surface area contributed by atoms with Gasteiger partial charge in [-0.25, -0.2) is 4.79 Å². The van der Waals surface area contributed by atoms with E-state index in [0.717, 1.165) is 10.9 Å². The summed E-state index contributed by atoms with van der Waals surface area (Å²) >= 11 is 0. The molecule has 0 saturated heterocycles. The van der Waals surface area contributed by atoms with Crippen molar-refractivity contribution in [2.24, 2.45) is 0 Å². The van der Waals surface area contributed by atoms with E-state index in [4.69, 9.17) is 18.6 Å². The minimum Gasteiger partial charge on any atom is -0.485 e. The van der Waals surface area contributed by atoms with E-state index in [2.05, 4.69) is 0 Å². The van der Waals surface area contributed by atoms with E-state index in [1.165, 1.54) is 0 Å². The van der Waals surface area contributed by atoms with Crippen LogP contribution in [0.1, 0.15) is 15.9 Å². The van der Waals surface area contributed by atoms with Crippen LogP contribution in [0.5, 0.6) is 17.2 Å². The Balaban J connectivity index is 1.48. The quantitative estimate of drug-likeness (QED) is 0.346. The highest BCUT2D eigenvalue weighted by Crippen LogP contribution is 2.37. The summed E-state index contributed by atoms with van der Waals surface area (Å²) in [4.78, 5) is 25.0. The molecule has 1 aromatic heterocycles. The molecule has 6 nitrogen and oxygen atoms in total. The topological polar surface area (TPSA) is 75.0 Å². The van der Waals surface area contributed by atoms with Crippen molar-refractivity contribution in [1.29, 1.82) is 0 Å². The van der Waals surface area contributed by atoms with Gasteiger partial charge in [0.15, 0.2) is 23.9 Å². The Labute approximate surface area is 177 Å². The smallest absolute Gasteiger partial charge is 0.344 e. The third kappa shape index (κ3) is 3.53. The van der Waals surface area contributed by atoms with Crippen molar-refractivity contribution in [2.75, 3.05) is 13.4 Å². The van der Waals surface area contributed by atoms with E-state index in [1.807, 2.05) is 25.1 Å². The molecule has 6 heteroatoms. The summed E-state index contributed by atoms with van der Waals surface area (Å²) in [5, 5.41) is 0.733. The number of carbonyl (C=O) groups is 1. The van der Waals surface area contributed by atoms with Crippen molar-refractivity contribution < 1.29 is 23.4 Å². The number of ether oxygens (including phenoxy) is 3. The van der Waals surface area contributed by atoms with Gasteiger partial charge >= 0.3 is 5.63 Å². The number of hydrogen-bond acceptors (Lipinski definition) is 6. The highest BCUT2D eigenvalue weighted by Gasteiger charge is 2.19. The first-order chi connectivity index (χ1) is 15.1. The summed E-state index contributed by atoms with van der Waals surface area (Å²) in [6.45, 7) is 1.94. The van der Waals surface area contributed by atoms with Crippen molar-refractivity contribution in [3.63, 3.8) is 0 Å². The first-order valence-electron chi connectivity index (χ1n) is 9.79. The highest BCUT2D eigenvalue weighted by molar-refractivity contribution is 5.97. The molecule has 0 fully saturated rings. The van der Waals surface area contributed by atoms with Gasteiger partial charge in [0, 0.05) is 10.9 Å². The van der Waals surface area contributed by atoms with E-state index in [-0.39, 0.29) is 19.2 Å². The lowest BCUT2D eigenvalue weighted by Gasteiger charge is -2.11. The number of Topliss-reactive ketones (excluding diaryl/α,β-unsaturated/α-hetero) is 1. The van der Waals surface area contributed by atoms with Crippen LogP contribution in [-0.2, 0) is 0 Å². The molecule has 0 aliphatic carbocycles. The largest absolute Gasteiger partial charge is 0.485 e. The van der Waals surface area contributed by atoms with Crippen molar-refractivity contribution in [3.05, 3.63) is 88.3 Å². The van der Waals surface area contributed by atoms with Gasteiger partial charge in [-0.05, 0) is 48.4 Å². The summed E-state index contributed by atoms with van der Waals surface area (Å²) in [6, 6.07) is 19.5. The first-order valence-corrected chi connectivity index (χ1v) is 9.79. The minimum absolute atomic E-state index is 0.0830. The van der Waals surface area contributed by atoms with Crippen molar-refractivity contribution in [3.8, 4) is 28.4 Å². The molecule has 0 spiro atoms. The lowest BCUT2D eigenvalue weighted by atomic mass is 9.99. The second kappa shape index (κ2) is 7.65. The van der Waals surface area contributed by atoms with Crippen LogP contribution in [-0.4, -0.2) is 19.2 Å². The zero-order valence-electron chi connectivity index (χ0n) is 16.7. The lowest BCUT2D eigenvalue weighted by Crippen LogP contribution is -2.11. The summed E-state index contributed by atoms with van der Waals surface area (Å²) in [7, 11) is 0. The van der Waals surface area contributed by atoms with Gasteiger partial charge in [0.25, 0.3) is 0 Å². The van der Waals surface area contributed by atoms with Crippen LogP contribution >= 0.6 is 0 Å². The second-order valence-electron chi connectivity index (χ2n) is 7.19. The molecule has 0 saturated carbocycles. The van der Waals surface area contributed by atoms with Crippen molar-refractivity contribution in [1.82, 2.24) is 0 Å². The van der Waals surface area contributed by atoms with Crippen LogP contribution in [0, 0.1) is 6.92 Å². The van der Waals surface area contributed by atoms with E-state index in [1.54, 1.807) is 48.5 Å². The SMILES string of the molecule is Cc1c(-c2ccc3c(c2)OCO3)c(=O)oc2ccc(OCC(=O)c3ccccc3)cc12. The number of fused-ring (bicyclic) bond motifs is 2. The van der Waals surface area contributed by atoms with E-state index >= 15 is 0 Å². The van der Waals surface area contributed by atoms with Crippen LogP contribution in [0.3, 0.4) is 0 Å². The zero-order chi connectivity index (χ0) is 21.4. The predicted octanol–water partition coefficient (Wildman–Crippen LogP) is 4.76. The van der Waals surface area contributed by atoms with Gasteiger partial charge in [0.2, 0.25) is 6.79 Å². The Kier molecular flexibility index (Phi) is 4.67. The molecular formula is C25H18O6. The van der Waals surface area contributed by atoms with E-state index < -0.39 is 5.63 Å². The zero-order valence-corrected chi connectivity index (χ0v) is 16.7. The molecule has 3 aromatic carbocycles. The minimum atomic E-state index is -0.434. The van der Waals surface area contributed by atoms with Crippen LogP contribution in [0.2, 0.25) is 0 Å². The third-order valence-electron chi connectivity index (χ3n) is 5.26. The Morgan fingerprint density at radius 1 is 0.968 bits per heavy atom. The molecule has 1 aliphatic heterocycles. The molecule has 0 bridgehead atoms. The Hall–Kier alpha value is -4.06. The molecule has 0 unspecified atom stereocenters. The second-order valence-corrected chi connectivity index (χ2v) is 7.19. The third-order valence-corrected chi connectivity index (χ3v) is 5.26. The molecular weight excluding hydrogens is 396 g/mol. The molecule has 0 amide bonds. The predicted molar refractivity (Wildman–Crippen MR) is 115 cm³/mol. The fraction of sp³-hybridized carbons (Fsp3) is 0.120. The van der Waals surface area contributed by atoms with Crippen LogP contribution in [0.15, 0.2) is 75.9 Å². The maximum atomic E-state index is 12.7. The number of aryl methyl sites for hydroxylation is 1. The number of rotatable bonds is 5. The fourth-order valence-electron chi connectivity index (χ4n) is 3.66. The number of ketones is 1. The van der Waals surface area contributed by atoms with Gasteiger partial charge in [0.1, 0.15) is 11.3 Å². The molecule has 154 valence electrons. The van der Waals surface area contributed by atoms with Gasteiger partial charge in [-0.15, -0.1) is 0 Å². The Morgan fingerprint density at radius 3 is 2.61 bits per heavy atom. The van der Waals surface area contributed by atoms with Crippen molar-refractivity contribution in [2.45, 2.75) is 6.92 Å². The molecule has 0 atom stereocenters. The first kappa shape index (κ1) is 18.9. The fourth-order valence-corrected chi connectivity index (χ4v) is 3.66. The van der Waals surface area contributed by atoms with Gasteiger partial charge in [-0.2, -0.15) is 0 Å². The van der Waals surface area contributed by atoms with E-state index in [9.17, 15) is 9.59 Å². The molecule has 1 aliphatic rings. The van der Waals surface area contributed by atoms with Crippen LogP contribution in [0.4, 0.5) is 0 Å². The number of carbonyl (C=O) groups excluding carboxylic acids is 1. The maximum Gasteiger partial charge on any atom is 0.344 e. The average Bonchev–Trinajstić information content (AvgIpc) is 3.26. The van der Waals surface area contributed by atoms with Gasteiger partial charge in [-0.3, -0.25) is 4.79 Å². The average molecular weight is 414 g/mol. The number of benzene rings is 3. The Morgan fingerprint density at radius 2 is 1.77 bits per heavy atom. The summed E-state index contributed by atoms with van der Waals surface area (Å²) in [5.41, 5.74) is 2.50. The van der Waals surface area contributed by atoms with Gasteiger partial charge in [-0.1, -0.05) is 36.4 Å². The highest BCUT2D eigenvalue weighted by atomic mass is 16.7. The standard InChI is InChI=1S/C25H18O6/c1-15-19-12-18(28-13-20(26)16-5-3-2-4-6-16)8-10-21(19)31-25(27)24(15)17-7-9-22-23(11-17)30-14-29-22/h2-12H,13-14H2,1H3. The molecule has 4 aromatic rings. The maximum absolute atomic E-state index is 12.7. The summed E-state index contributed by atoms with van der Waals surface area (Å²) < 4.78 is 22.0. The molecule has 0 radical (unpaired) electrons. The Bertz CT molecular complexity index is 1350. The van der Waals surface area contributed by atoms with Crippen LogP contribution < -0.4 is 19.8 Å². The summed E-state index contributed by atoms with van der Waals surface area (Å²) in [5.74, 6) is 1.64.